The Morgan fingerprint density at radius 3 is 2.26 bits per heavy atom. The zero-order chi connectivity index (χ0) is 22.1. The number of nitrogens with one attached hydrogen (secondary N) is 2. The van der Waals surface area contributed by atoms with Gasteiger partial charge in [-0.1, -0.05) is 50.2 Å². The molecule has 0 saturated carbocycles. The molecule has 2 N–H and O–H groups in total. The van der Waals surface area contributed by atoms with Gasteiger partial charge in [-0.25, -0.2) is 0 Å². The van der Waals surface area contributed by atoms with Crippen molar-refractivity contribution in [3.05, 3.63) is 84.4 Å². The normalized spacial score (nSPS) is 10.5. The number of ether oxygens (including phenoxy) is 1. The van der Waals surface area contributed by atoms with Gasteiger partial charge in [0.1, 0.15) is 5.75 Å². The van der Waals surface area contributed by atoms with Crippen LogP contribution in [-0.4, -0.2) is 24.2 Å². The standard InChI is InChI=1S/C25H26N2O3S/c1-18(2)19-11-13-20(14-12-19)26-25(29)17-31-23-10-6-7-21(15-23)27-24(28)16-30-22-8-4-3-5-9-22/h3-15,18H,16-17H2,1-2H3,(H,26,29)(H,27,28). The second-order valence-electron chi connectivity index (χ2n) is 7.29. The summed E-state index contributed by atoms with van der Waals surface area (Å²) in [5, 5.41) is 5.73. The van der Waals surface area contributed by atoms with Gasteiger partial charge in [-0.15, -0.1) is 11.8 Å². The Bertz CT molecular complexity index is 1000. The summed E-state index contributed by atoms with van der Waals surface area (Å²) in [7, 11) is 0. The van der Waals surface area contributed by atoms with Crippen LogP contribution in [0, 0.1) is 0 Å². The molecule has 3 rings (SSSR count). The highest BCUT2D eigenvalue weighted by atomic mass is 32.2. The number of carbonyl (C=O) groups excluding carboxylic acids is 2. The Morgan fingerprint density at radius 1 is 0.839 bits per heavy atom. The molecule has 5 nitrogen and oxygen atoms in total. The largest absolute Gasteiger partial charge is 0.484 e. The Kier molecular flexibility index (Phi) is 8.12. The number of hydrogen-bond acceptors (Lipinski definition) is 4. The highest BCUT2D eigenvalue weighted by Gasteiger charge is 2.07. The quantitative estimate of drug-likeness (QED) is 0.433. The van der Waals surface area contributed by atoms with Crippen molar-refractivity contribution in [2.24, 2.45) is 0 Å². The smallest absolute Gasteiger partial charge is 0.262 e. The number of hydrogen-bond donors (Lipinski definition) is 2. The van der Waals surface area contributed by atoms with E-state index in [2.05, 4.69) is 24.5 Å². The van der Waals surface area contributed by atoms with Crippen molar-refractivity contribution in [3.63, 3.8) is 0 Å². The maximum Gasteiger partial charge on any atom is 0.262 e. The number of para-hydroxylation sites is 1. The molecule has 0 unspecified atom stereocenters. The summed E-state index contributed by atoms with van der Waals surface area (Å²) in [5.74, 6) is 1.06. The van der Waals surface area contributed by atoms with Crippen molar-refractivity contribution in [1.29, 1.82) is 0 Å². The van der Waals surface area contributed by atoms with Crippen molar-refractivity contribution in [2.75, 3.05) is 23.0 Å². The predicted octanol–water partition coefficient (Wildman–Crippen LogP) is 5.56. The Hall–Kier alpha value is -3.25. The molecule has 0 aliphatic heterocycles. The maximum atomic E-state index is 12.3. The average Bonchev–Trinajstić information content (AvgIpc) is 2.78. The first-order valence-electron chi connectivity index (χ1n) is 10.1. The molecular formula is C25H26N2O3S. The van der Waals surface area contributed by atoms with E-state index in [-0.39, 0.29) is 24.2 Å². The van der Waals surface area contributed by atoms with E-state index in [1.807, 2.05) is 60.7 Å². The third-order valence-electron chi connectivity index (χ3n) is 4.46. The molecule has 3 aromatic carbocycles. The Balaban J connectivity index is 1.46. The average molecular weight is 435 g/mol. The lowest BCUT2D eigenvalue weighted by atomic mass is 10.0. The third kappa shape index (κ3) is 7.50. The van der Waals surface area contributed by atoms with Crippen molar-refractivity contribution in [1.82, 2.24) is 0 Å². The minimum atomic E-state index is -0.242. The molecule has 31 heavy (non-hydrogen) atoms. The summed E-state index contributed by atoms with van der Waals surface area (Å²) in [6, 6.07) is 24.5. The molecule has 0 spiro atoms. The van der Waals surface area contributed by atoms with Gasteiger partial charge >= 0.3 is 0 Å². The number of benzene rings is 3. The molecule has 0 aliphatic rings. The van der Waals surface area contributed by atoms with E-state index in [0.717, 1.165) is 10.6 Å². The van der Waals surface area contributed by atoms with Gasteiger partial charge in [0, 0.05) is 16.3 Å². The lowest BCUT2D eigenvalue weighted by Gasteiger charge is -2.10. The lowest BCUT2D eigenvalue weighted by molar-refractivity contribution is -0.118. The molecule has 0 aliphatic carbocycles. The topological polar surface area (TPSA) is 67.4 Å². The van der Waals surface area contributed by atoms with Crippen LogP contribution in [-0.2, 0) is 9.59 Å². The Morgan fingerprint density at radius 2 is 1.55 bits per heavy atom. The van der Waals surface area contributed by atoms with E-state index in [9.17, 15) is 9.59 Å². The van der Waals surface area contributed by atoms with Crippen LogP contribution >= 0.6 is 11.8 Å². The van der Waals surface area contributed by atoms with Crippen LogP contribution in [0.3, 0.4) is 0 Å². The van der Waals surface area contributed by atoms with Gasteiger partial charge in [0.25, 0.3) is 5.91 Å². The maximum absolute atomic E-state index is 12.3. The minimum absolute atomic E-state index is 0.0701. The van der Waals surface area contributed by atoms with Gasteiger partial charge in [0.2, 0.25) is 5.91 Å². The van der Waals surface area contributed by atoms with E-state index in [0.29, 0.717) is 17.4 Å². The van der Waals surface area contributed by atoms with Crippen LogP contribution in [0.1, 0.15) is 25.3 Å². The number of amides is 2. The van der Waals surface area contributed by atoms with Gasteiger partial charge < -0.3 is 15.4 Å². The van der Waals surface area contributed by atoms with E-state index in [4.69, 9.17) is 4.74 Å². The lowest BCUT2D eigenvalue weighted by Crippen LogP contribution is -2.20. The van der Waals surface area contributed by atoms with Gasteiger partial charge in [-0.05, 0) is 53.9 Å². The SMILES string of the molecule is CC(C)c1ccc(NC(=O)CSc2cccc(NC(=O)COc3ccccc3)c2)cc1. The second kappa shape index (κ2) is 11.2. The van der Waals surface area contributed by atoms with Crippen LogP contribution in [0.2, 0.25) is 0 Å². The van der Waals surface area contributed by atoms with Crippen molar-refractivity contribution >= 4 is 35.0 Å². The van der Waals surface area contributed by atoms with Crippen LogP contribution in [0.25, 0.3) is 0 Å². The van der Waals surface area contributed by atoms with Gasteiger partial charge in [-0.2, -0.15) is 0 Å². The third-order valence-corrected chi connectivity index (χ3v) is 5.46. The summed E-state index contributed by atoms with van der Waals surface area (Å²) in [6.07, 6.45) is 0. The molecule has 6 heteroatoms. The molecule has 0 aromatic heterocycles. The first-order chi connectivity index (χ1) is 15.0. The molecular weight excluding hydrogens is 408 g/mol. The number of carbonyl (C=O) groups is 2. The second-order valence-corrected chi connectivity index (χ2v) is 8.34. The van der Waals surface area contributed by atoms with Crippen LogP contribution < -0.4 is 15.4 Å². The molecule has 160 valence electrons. The first kappa shape index (κ1) is 22.4. The summed E-state index contributed by atoms with van der Waals surface area (Å²) < 4.78 is 5.46. The fraction of sp³-hybridized carbons (Fsp3) is 0.200. The van der Waals surface area contributed by atoms with Crippen molar-refractivity contribution in [3.8, 4) is 5.75 Å². The van der Waals surface area contributed by atoms with Crippen LogP contribution in [0.15, 0.2) is 83.8 Å². The highest BCUT2D eigenvalue weighted by molar-refractivity contribution is 8.00. The molecule has 2 amide bonds. The zero-order valence-electron chi connectivity index (χ0n) is 17.6. The summed E-state index contributed by atoms with van der Waals surface area (Å²) in [4.78, 5) is 25.3. The summed E-state index contributed by atoms with van der Waals surface area (Å²) >= 11 is 1.41. The van der Waals surface area contributed by atoms with Gasteiger partial charge in [0.05, 0.1) is 5.75 Å². The Labute approximate surface area is 187 Å². The number of anilines is 2. The zero-order valence-corrected chi connectivity index (χ0v) is 18.4. The molecule has 0 fully saturated rings. The van der Waals surface area contributed by atoms with Gasteiger partial charge in [-0.3, -0.25) is 9.59 Å². The molecule has 0 bridgehead atoms. The van der Waals surface area contributed by atoms with Crippen molar-refractivity contribution < 1.29 is 14.3 Å². The fourth-order valence-corrected chi connectivity index (χ4v) is 3.58. The van der Waals surface area contributed by atoms with E-state index < -0.39 is 0 Å². The summed E-state index contributed by atoms with van der Waals surface area (Å²) in [6.45, 7) is 4.20. The van der Waals surface area contributed by atoms with Crippen LogP contribution in [0.5, 0.6) is 5.75 Å². The van der Waals surface area contributed by atoms with Crippen LogP contribution in [0.4, 0.5) is 11.4 Å². The molecule has 3 aromatic rings. The van der Waals surface area contributed by atoms with Gasteiger partial charge in [0.15, 0.2) is 6.61 Å². The minimum Gasteiger partial charge on any atom is -0.484 e. The van der Waals surface area contributed by atoms with Crippen molar-refractivity contribution in [2.45, 2.75) is 24.7 Å². The monoisotopic (exact) mass is 434 g/mol. The molecule has 0 heterocycles. The fourth-order valence-electron chi connectivity index (χ4n) is 2.82. The molecule has 0 atom stereocenters. The van der Waals surface area contributed by atoms with E-state index in [1.165, 1.54) is 17.3 Å². The highest BCUT2D eigenvalue weighted by Crippen LogP contribution is 2.22. The first-order valence-corrected chi connectivity index (χ1v) is 11.1. The number of thioether (sulfide) groups is 1. The number of rotatable bonds is 9. The molecule has 0 radical (unpaired) electrons. The predicted molar refractivity (Wildman–Crippen MR) is 127 cm³/mol. The van der Waals surface area contributed by atoms with E-state index in [1.54, 1.807) is 18.2 Å². The molecule has 0 saturated heterocycles. The van der Waals surface area contributed by atoms with E-state index >= 15 is 0 Å². The summed E-state index contributed by atoms with van der Waals surface area (Å²) in [5.41, 5.74) is 2.69.